The second-order valence-corrected chi connectivity index (χ2v) is 9.65. The zero-order valence-electron chi connectivity index (χ0n) is 20.7. The first kappa shape index (κ1) is 33.5. The first-order valence-corrected chi connectivity index (χ1v) is 12.7. The van der Waals surface area contributed by atoms with Gasteiger partial charge >= 0.3 is 25.8 Å². The molecule has 0 saturated carbocycles. The van der Waals surface area contributed by atoms with Crippen molar-refractivity contribution in [1.29, 1.82) is 0 Å². The van der Waals surface area contributed by atoms with Crippen LogP contribution in [0.5, 0.6) is 0 Å². The number of hydrogen-bond donors (Lipinski definition) is 0. The Kier molecular flexibility index (Phi) is 16.8. The predicted octanol–water partition coefficient (Wildman–Crippen LogP) is 2.77. The van der Waals surface area contributed by atoms with Crippen molar-refractivity contribution in [2.24, 2.45) is 0 Å². The first-order chi connectivity index (χ1) is 13.7. The molecule has 0 saturated heterocycles. The maximum Gasteiger partial charge on any atom is 4.00 e. The van der Waals surface area contributed by atoms with Gasteiger partial charge in [-0.1, -0.05) is 65.8 Å². The van der Waals surface area contributed by atoms with Crippen molar-refractivity contribution in [3.8, 4) is 0 Å². The summed E-state index contributed by atoms with van der Waals surface area (Å²) in [6, 6.07) is 22.5. The van der Waals surface area contributed by atoms with Gasteiger partial charge in [0.25, 0.3) is 0 Å². The zero-order valence-corrected chi connectivity index (χ0v) is 26.8. The Bertz CT molecular complexity index is 960. The first-order valence-electron chi connectivity index (χ1n) is 10.7. The Balaban J connectivity index is 0. The third kappa shape index (κ3) is 9.67. The molecule has 0 N–H and O–H groups in total. The van der Waals surface area contributed by atoms with Crippen molar-refractivity contribution in [3.63, 3.8) is 0 Å². The minimum Gasteiger partial charge on any atom is -1.00 e. The van der Waals surface area contributed by atoms with E-state index in [1.807, 2.05) is 0 Å². The fourth-order valence-corrected chi connectivity index (χ4v) is 3.48. The van der Waals surface area contributed by atoms with Gasteiger partial charge in [0.05, 0.1) is 0 Å². The van der Waals surface area contributed by atoms with E-state index in [-0.39, 0.29) is 50.7 Å². The number of rotatable bonds is 2. The summed E-state index contributed by atoms with van der Waals surface area (Å²) < 4.78 is 0. The fraction of sp³-hybridized carbons (Fsp3) is 0.357. The molecule has 0 aliphatic rings. The van der Waals surface area contributed by atoms with E-state index >= 15 is 0 Å². The fourth-order valence-electron chi connectivity index (χ4n) is 3.48. The third-order valence-electron chi connectivity index (χ3n) is 5.09. The molecule has 0 aliphatic heterocycles. The molecule has 0 bridgehead atoms. The quantitative estimate of drug-likeness (QED) is 0.232. The smallest absolute Gasteiger partial charge is 1.00 e. The second-order valence-electron chi connectivity index (χ2n) is 8.65. The van der Waals surface area contributed by atoms with Gasteiger partial charge in [0.2, 0.25) is 0 Å². The molecule has 0 aromatic heterocycles. The van der Waals surface area contributed by atoms with Crippen molar-refractivity contribution in [1.82, 2.24) is 0 Å². The molecule has 2 radical (unpaired) electrons. The summed E-state index contributed by atoms with van der Waals surface area (Å²) in [5, 5.41) is 5.48. The van der Waals surface area contributed by atoms with Crippen LogP contribution in [0.4, 0.5) is 0 Å². The number of benzene rings is 2. The maximum absolute atomic E-state index is 2.30. The molecule has 0 heterocycles. The molecule has 4 aromatic rings. The van der Waals surface area contributed by atoms with Crippen LogP contribution in [0.2, 0.25) is 13.1 Å². The van der Waals surface area contributed by atoms with Gasteiger partial charge in [0.15, 0.2) is 0 Å². The van der Waals surface area contributed by atoms with E-state index in [0.29, 0.717) is 11.8 Å². The van der Waals surface area contributed by atoms with E-state index in [4.69, 9.17) is 0 Å². The summed E-state index contributed by atoms with van der Waals surface area (Å²) in [7, 11) is 1.08. The van der Waals surface area contributed by atoms with Crippen molar-refractivity contribution >= 4 is 31.1 Å². The van der Waals surface area contributed by atoms with Gasteiger partial charge < -0.3 is 24.8 Å². The predicted molar refractivity (Wildman–Crippen MR) is 134 cm³/mol. The molecule has 4 heteroatoms. The molecule has 4 aromatic carbocycles. The van der Waals surface area contributed by atoms with Crippen LogP contribution in [-0.2, 0) is 25.8 Å². The Hall–Kier alpha value is -0.673. The number of hydrogen-bond acceptors (Lipinski definition) is 0. The van der Waals surface area contributed by atoms with Crippen molar-refractivity contribution in [2.45, 2.75) is 66.5 Å². The van der Waals surface area contributed by atoms with Gasteiger partial charge in [-0.3, -0.25) is 0 Å². The summed E-state index contributed by atoms with van der Waals surface area (Å²) in [6.07, 6.45) is 0. The molecule has 4 rings (SSSR count). The van der Waals surface area contributed by atoms with Gasteiger partial charge in [0.1, 0.15) is 0 Å². The normalized spacial score (nSPS) is 9.81. The Morgan fingerprint density at radius 3 is 1.22 bits per heavy atom. The van der Waals surface area contributed by atoms with Crippen LogP contribution in [0.25, 0.3) is 21.5 Å². The second kappa shape index (κ2) is 16.0. The van der Waals surface area contributed by atoms with E-state index in [0.717, 1.165) is 9.52 Å². The molecule has 0 aliphatic carbocycles. The maximum atomic E-state index is 2.30. The van der Waals surface area contributed by atoms with Crippen LogP contribution in [0.1, 0.15) is 61.8 Å². The van der Waals surface area contributed by atoms with E-state index in [2.05, 4.69) is 115 Å². The Labute approximate surface area is 229 Å². The Morgan fingerprint density at radius 1 is 0.625 bits per heavy atom. The monoisotopic (exact) mass is 650 g/mol. The van der Waals surface area contributed by atoms with Crippen LogP contribution in [-0.4, -0.2) is 9.52 Å². The topological polar surface area (TPSA) is 0 Å². The molecular weight excluding hydrogens is 614 g/mol. The molecule has 0 amide bonds. The minimum absolute atomic E-state index is 0. The number of aryl methyl sites for hydroxylation is 2. The van der Waals surface area contributed by atoms with E-state index in [9.17, 15) is 0 Å². The Morgan fingerprint density at radius 2 is 0.938 bits per heavy atom. The zero-order chi connectivity index (χ0) is 21.6. The van der Waals surface area contributed by atoms with Crippen LogP contribution < -0.4 is 24.8 Å². The van der Waals surface area contributed by atoms with E-state index in [1.54, 1.807) is 0 Å². The summed E-state index contributed by atoms with van der Waals surface area (Å²) in [6.45, 7) is 17.5. The molecule has 0 spiro atoms. The van der Waals surface area contributed by atoms with Crippen LogP contribution in [0, 0.1) is 13.8 Å². The minimum atomic E-state index is 0. The third-order valence-corrected chi connectivity index (χ3v) is 5.09. The van der Waals surface area contributed by atoms with E-state index in [1.165, 1.54) is 43.8 Å². The van der Waals surface area contributed by atoms with Crippen molar-refractivity contribution < 1.29 is 50.7 Å². The van der Waals surface area contributed by atoms with Gasteiger partial charge in [-0.2, -0.15) is 12.1 Å². The van der Waals surface area contributed by atoms with Gasteiger partial charge in [-0.25, -0.2) is 0 Å². The van der Waals surface area contributed by atoms with Gasteiger partial charge in [0, 0.05) is 9.52 Å². The standard InChI is InChI=1S/2C13H15.C2H6Si.2ClH.Hf/c2*1-9(2)11-4-5-12-6-10(3)7-13(12)8-11;1-3-2;;;/h2*4-9H,1-3H3;1-2H3;2*1H;/q2*-1;;;;+4/p-2. The van der Waals surface area contributed by atoms with Gasteiger partial charge in [-0.05, 0) is 11.8 Å². The van der Waals surface area contributed by atoms with Crippen molar-refractivity contribution in [3.05, 3.63) is 82.9 Å². The number of halogens is 2. The molecular formula is C28H36Cl2HfSi. The van der Waals surface area contributed by atoms with Crippen LogP contribution in [0.3, 0.4) is 0 Å². The summed E-state index contributed by atoms with van der Waals surface area (Å²) >= 11 is 0. The molecule has 170 valence electrons. The van der Waals surface area contributed by atoms with E-state index < -0.39 is 0 Å². The van der Waals surface area contributed by atoms with Crippen molar-refractivity contribution in [2.75, 3.05) is 0 Å². The summed E-state index contributed by atoms with van der Waals surface area (Å²) in [5.74, 6) is 1.25. The largest absolute Gasteiger partial charge is 4.00 e. The SMILES string of the molecule is C[Si]C.Cc1cc2cc(C(C)C)ccc2[cH-]1.Cc1cc2cc(C(C)C)ccc2[cH-]1.[Cl-].[Cl-].[Hf+4]. The van der Waals surface area contributed by atoms with Crippen LogP contribution in [0.15, 0.2) is 60.7 Å². The summed E-state index contributed by atoms with van der Waals surface area (Å²) in [4.78, 5) is 0. The molecule has 0 unspecified atom stereocenters. The molecule has 0 atom stereocenters. The molecule has 32 heavy (non-hydrogen) atoms. The average Bonchev–Trinajstić information content (AvgIpc) is 3.21. The van der Waals surface area contributed by atoms with Crippen LogP contribution >= 0.6 is 0 Å². The van der Waals surface area contributed by atoms with Gasteiger partial charge in [-0.15, -0.1) is 81.2 Å². The average molecular weight is 650 g/mol. The molecule has 0 fully saturated rings. The summed E-state index contributed by atoms with van der Waals surface area (Å²) in [5.41, 5.74) is 5.57. The molecule has 0 nitrogen and oxygen atoms in total. The number of fused-ring (bicyclic) bond motifs is 2.